The molecule has 0 aromatic carbocycles. The van der Waals surface area contributed by atoms with Gasteiger partial charge in [0.2, 0.25) is 0 Å². The van der Waals surface area contributed by atoms with E-state index in [0.717, 1.165) is 5.92 Å². The molecule has 1 atom stereocenters. The zero-order valence-electron chi connectivity index (χ0n) is 12.3. The van der Waals surface area contributed by atoms with Gasteiger partial charge in [0.25, 0.3) is 0 Å². The molecule has 0 radical (unpaired) electrons. The summed E-state index contributed by atoms with van der Waals surface area (Å²) in [6, 6.07) is 6.75. The van der Waals surface area contributed by atoms with Crippen LogP contribution in [0.25, 0.3) is 10.4 Å². The standard InChI is InChI=1S/C17H23NS2/c1-13(2)10-17(6-4-7-18-17)11-15-9-14(12-20-15)16-5-3-8-19-16/h3,5,8-9,12-13,18H,4,6-7,10-11H2,1-2H3. The molecular weight excluding hydrogens is 282 g/mol. The molecule has 0 bridgehead atoms. The Morgan fingerprint density at radius 3 is 2.90 bits per heavy atom. The molecule has 2 aromatic heterocycles. The van der Waals surface area contributed by atoms with E-state index in [1.165, 1.54) is 47.5 Å². The fourth-order valence-corrected chi connectivity index (χ4v) is 5.24. The summed E-state index contributed by atoms with van der Waals surface area (Å²) in [4.78, 5) is 2.92. The Kier molecular flexibility index (Phi) is 4.29. The van der Waals surface area contributed by atoms with Gasteiger partial charge >= 0.3 is 0 Å². The minimum Gasteiger partial charge on any atom is -0.311 e. The molecule has 1 aliphatic heterocycles. The van der Waals surface area contributed by atoms with E-state index in [1.807, 2.05) is 22.7 Å². The lowest BCUT2D eigenvalue weighted by Crippen LogP contribution is -2.42. The molecule has 0 spiro atoms. The van der Waals surface area contributed by atoms with E-state index in [9.17, 15) is 0 Å². The lowest BCUT2D eigenvalue weighted by atomic mass is 9.84. The average Bonchev–Trinajstić information content (AvgIpc) is 3.08. The zero-order chi connectivity index (χ0) is 14.0. The van der Waals surface area contributed by atoms with Crippen molar-refractivity contribution in [1.29, 1.82) is 0 Å². The number of thiophene rings is 2. The van der Waals surface area contributed by atoms with E-state index in [1.54, 1.807) is 0 Å². The number of hydrogen-bond acceptors (Lipinski definition) is 3. The van der Waals surface area contributed by atoms with Gasteiger partial charge in [0.1, 0.15) is 0 Å². The van der Waals surface area contributed by atoms with Gasteiger partial charge in [-0.15, -0.1) is 22.7 Å². The molecule has 20 heavy (non-hydrogen) atoms. The molecule has 2 aromatic rings. The highest BCUT2D eigenvalue weighted by Crippen LogP contribution is 2.35. The van der Waals surface area contributed by atoms with Crippen LogP contribution in [0.3, 0.4) is 0 Å². The maximum absolute atomic E-state index is 3.80. The summed E-state index contributed by atoms with van der Waals surface area (Å²) in [5.41, 5.74) is 1.75. The van der Waals surface area contributed by atoms with Gasteiger partial charge in [-0.05, 0) is 61.0 Å². The third kappa shape index (κ3) is 3.16. The molecular formula is C17H23NS2. The van der Waals surface area contributed by atoms with Crippen molar-refractivity contribution in [2.45, 2.75) is 45.1 Å². The monoisotopic (exact) mass is 305 g/mol. The number of nitrogens with one attached hydrogen (secondary N) is 1. The second-order valence-electron chi connectivity index (χ2n) is 6.36. The highest BCUT2D eigenvalue weighted by atomic mass is 32.1. The maximum atomic E-state index is 3.80. The highest BCUT2D eigenvalue weighted by molar-refractivity contribution is 7.14. The van der Waals surface area contributed by atoms with E-state index in [0.29, 0.717) is 5.54 Å². The Morgan fingerprint density at radius 1 is 1.35 bits per heavy atom. The smallest absolute Gasteiger partial charge is 0.0351 e. The Balaban J connectivity index is 1.76. The average molecular weight is 306 g/mol. The summed E-state index contributed by atoms with van der Waals surface area (Å²) >= 11 is 3.76. The van der Waals surface area contributed by atoms with Crippen molar-refractivity contribution >= 4 is 22.7 Å². The topological polar surface area (TPSA) is 12.0 Å². The van der Waals surface area contributed by atoms with Crippen molar-refractivity contribution in [1.82, 2.24) is 5.32 Å². The molecule has 0 aliphatic carbocycles. The first kappa shape index (κ1) is 14.3. The predicted octanol–water partition coefficient (Wildman–Crippen LogP) is 5.19. The lowest BCUT2D eigenvalue weighted by Gasteiger charge is -2.31. The molecule has 0 amide bonds. The van der Waals surface area contributed by atoms with E-state index in [4.69, 9.17) is 0 Å². The molecule has 108 valence electrons. The quantitative estimate of drug-likeness (QED) is 0.802. The Hall–Kier alpha value is -0.640. The molecule has 0 saturated carbocycles. The molecule has 1 saturated heterocycles. The zero-order valence-corrected chi connectivity index (χ0v) is 13.9. The van der Waals surface area contributed by atoms with Gasteiger partial charge in [0.05, 0.1) is 0 Å². The Bertz CT molecular complexity index is 533. The third-order valence-corrected chi connectivity index (χ3v) is 5.96. The van der Waals surface area contributed by atoms with Gasteiger partial charge in [-0.1, -0.05) is 19.9 Å². The van der Waals surface area contributed by atoms with Crippen LogP contribution in [0.1, 0.15) is 38.0 Å². The summed E-state index contributed by atoms with van der Waals surface area (Å²) in [6.07, 6.45) is 5.15. The van der Waals surface area contributed by atoms with Crippen molar-refractivity contribution in [2.24, 2.45) is 5.92 Å². The first-order valence-corrected chi connectivity index (χ1v) is 9.29. The van der Waals surface area contributed by atoms with Gasteiger partial charge in [0.15, 0.2) is 0 Å². The summed E-state index contributed by atoms with van der Waals surface area (Å²) in [6.45, 7) is 5.87. The Labute approximate surface area is 130 Å². The molecule has 1 aliphatic rings. The van der Waals surface area contributed by atoms with Gasteiger partial charge in [-0.3, -0.25) is 0 Å². The first-order chi connectivity index (χ1) is 9.67. The second kappa shape index (κ2) is 6.00. The lowest BCUT2D eigenvalue weighted by molar-refractivity contribution is 0.303. The van der Waals surface area contributed by atoms with Crippen LogP contribution in [0, 0.1) is 5.92 Å². The molecule has 1 N–H and O–H groups in total. The molecule has 1 nitrogen and oxygen atoms in total. The van der Waals surface area contributed by atoms with Crippen molar-refractivity contribution in [3.8, 4) is 10.4 Å². The SMILES string of the molecule is CC(C)CC1(Cc2cc(-c3cccs3)cs2)CCCN1. The van der Waals surface area contributed by atoms with Gasteiger partial charge < -0.3 is 5.32 Å². The van der Waals surface area contributed by atoms with Crippen molar-refractivity contribution < 1.29 is 0 Å². The van der Waals surface area contributed by atoms with E-state index < -0.39 is 0 Å². The van der Waals surface area contributed by atoms with Gasteiger partial charge in [-0.2, -0.15) is 0 Å². The molecule has 3 heteroatoms. The second-order valence-corrected chi connectivity index (χ2v) is 8.31. The van der Waals surface area contributed by atoms with Crippen LogP contribution in [0.4, 0.5) is 0 Å². The molecule has 3 rings (SSSR count). The largest absolute Gasteiger partial charge is 0.311 e. The van der Waals surface area contributed by atoms with E-state index in [-0.39, 0.29) is 0 Å². The highest BCUT2D eigenvalue weighted by Gasteiger charge is 2.34. The minimum atomic E-state index is 0.353. The van der Waals surface area contributed by atoms with E-state index >= 15 is 0 Å². The fourth-order valence-electron chi connectivity index (χ4n) is 3.43. The van der Waals surface area contributed by atoms with Crippen LogP contribution >= 0.6 is 22.7 Å². The first-order valence-electron chi connectivity index (χ1n) is 7.53. The maximum Gasteiger partial charge on any atom is 0.0351 e. The van der Waals surface area contributed by atoms with Crippen molar-refractivity contribution in [3.63, 3.8) is 0 Å². The Morgan fingerprint density at radius 2 is 2.25 bits per heavy atom. The van der Waals surface area contributed by atoms with Crippen LogP contribution in [0.5, 0.6) is 0 Å². The fraction of sp³-hybridized carbons (Fsp3) is 0.529. The van der Waals surface area contributed by atoms with E-state index in [2.05, 4.69) is 48.1 Å². The molecule has 1 fully saturated rings. The van der Waals surface area contributed by atoms with Crippen molar-refractivity contribution in [3.05, 3.63) is 33.8 Å². The molecule has 1 unspecified atom stereocenters. The minimum absolute atomic E-state index is 0.353. The normalized spacial score (nSPS) is 22.8. The summed E-state index contributed by atoms with van der Waals surface area (Å²) < 4.78 is 0. The summed E-state index contributed by atoms with van der Waals surface area (Å²) in [5, 5.41) is 8.28. The van der Waals surface area contributed by atoms with Gasteiger partial charge in [-0.25, -0.2) is 0 Å². The third-order valence-electron chi connectivity index (χ3n) is 4.10. The van der Waals surface area contributed by atoms with Crippen LogP contribution in [-0.4, -0.2) is 12.1 Å². The van der Waals surface area contributed by atoms with Crippen LogP contribution in [0.15, 0.2) is 29.0 Å². The van der Waals surface area contributed by atoms with Crippen LogP contribution in [-0.2, 0) is 6.42 Å². The summed E-state index contributed by atoms with van der Waals surface area (Å²) in [5.74, 6) is 0.761. The van der Waals surface area contributed by atoms with Crippen LogP contribution < -0.4 is 5.32 Å². The van der Waals surface area contributed by atoms with Crippen LogP contribution in [0.2, 0.25) is 0 Å². The predicted molar refractivity (Wildman–Crippen MR) is 90.8 cm³/mol. The van der Waals surface area contributed by atoms with Gasteiger partial charge in [0, 0.05) is 20.9 Å². The summed E-state index contributed by atoms with van der Waals surface area (Å²) in [7, 11) is 0. The number of hydrogen-bond donors (Lipinski definition) is 1. The number of rotatable bonds is 5. The van der Waals surface area contributed by atoms with Crippen molar-refractivity contribution in [2.75, 3.05) is 6.54 Å². The molecule has 3 heterocycles.